The van der Waals surface area contributed by atoms with Crippen LogP contribution in [-0.2, 0) is 9.53 Å². The molecule has 4 heteroatoms. The first-order valence-corrected chi connectivity index (χ1v) is 5.59. The lowest BCUT2D eigenvalue weighted by atomic mass is 10.1. The van der Waals surface area contributed by atoms with Crippen LogP contribution in [0.2, 0.25) is 5.02 Å². The first-order chi connectivity index (χ1) is 7.65. The molecular weight excluding hydrogens is 231 g/mol. The average molecular weight is 243 g/mol. The summed E-state index contributed by atoms with van der Waals surface area (Å²) in [6, 6.07) is 6.89. The molecule has 86 valence electrons. The summed E-state index contributed by atoms with van der Waals surface area (Å²) in [7, 11) is 0. The van der Waals surface area contributed by atoms with Crippen molar-refractivity contribution in [1.82, 2.24) is 0 Å². The van der Waals surface area contributed by atoms with Gasteiger partial charge in [0.25, 0.3) is 0 Å². The highest BCUT2D eigenvalue weighted by atomic mass is 35.5. The second-order valence-corrected chi connectivity index (χ2v) is 4.24. The van der Waals surface area contributed by atoms with Crippen LogP contribution in [-0.4, -0.2) is 18.7 Å². The Hall–Kier alpha value is -1.09. The highest BCUT2D eigenvalue weighted by molar-refractivity contribution is 6.30. The van der Waals surface area contributed by atoms with E-state index in [-0.39, 0.29) is 12.5 Å². The highest BCUT2D eigenvalue weighted by Crippen LogP contribution is 2.51. The fraction of sp³-hybridized carbons (Fsp3) is 0.417. The van der Waals surface area contributed by atoms with Gasteiger partial charge in [0.15, 0.2) is 0 Å². The van der Waals surface area contributed by atoms with Gasteiger partial charge in [-0.15, -0.1) is 0 Å². The molecule has 1 aromatic carbocycles. The topological polar surface area (TPSA) is 26.3 Å². The number of hydrogen-bond acceptors (Lipinski definition) is 2. The molecule has 0 unspecified atom stereocenters. The van der Waals surface area contributed by atoms with Crippen molar-refractivity contribution in [2.45, 2.75) is 19.0 Å². The maximum Gasteiger partial charge on any atom is 0.312 e. The second-order valence-electron chi connectivity index (χ2n) is 3.80. The van der Waals surface area contributed by atoms with Crippen LogP contribution in [0, 0.1) is 5.92 Å². The summed E-state index contributed by atoms with van der Waals surface area (Å²) >= 11 is 5.74. The van der Waals surface area contributed by atoms with Crippen molar-refractivity contribution in [3.63, 3.8) is 0 Å². The van der Waals surface area contributed by atoms with Crippen molar-refractivity contribution in [1.29, 1.82) is 0 Å². The lowest BCUT2D eigenvalue weighted by Gasteiger charge is -2.00. The number of benzene rings is 1. The Labute approximate surface area is 98.4 Å². The number of rotatable bonds is 3. The Morgan fingerprint density at radius 3 is 2.62 bits per heavy atom. The molecule has 1 aliphatic carbocycles. The van der Waals surface area contributed by atoms with Gasteiger partial charge in [0.05, 0.1) is 12.5 Å². The van der Waals surface area contributed by atoms with E-state index in [2.05, 4.69) is 0 Å². The highest BCUT2D eigenvalue weighted by Gasteiger charge is 2.57. The summed E-state index contributed by atoms with van der Waals surface area (Å²) in [5, 5.41) is 0.604. The molecule has 1 aromatic rings. The smallest absolute Gasteiger partial charge is 0.312 e. The summed E-state index contributed by atoms with van der Waals surface area (Å²) in [6.45, 7) is 2.00. The first kappa shape index (κ1) is 11.4. The molecule has 16 heavy (non-hydrogen) atoms. The standard InChI is InChI=1S/C12H12ClFO2/c1-2-16-12(15)10-9(11(10)14)7-3-5-8(13)6-4-7/h3-6,9-11H,2H2,1H3/t9-,10+,11+/m0/s1. The van der Waals surface area contributed by atoms with Crippen molar-refractivity contribution < 1.29 is 13.9 Å². The molecule has 0 aliphatic heterocycles. The lowest BCUT2D eigenvalue weighted by molar-refractivity contribution is -0.145. The van der Waals surface area contributed by atoms with Crippen LogP contribution < -0.4 is 0 Å². The van der Waals surface area contributed by atoms with E-state index in [4.69, 9.17) is 16.3 Å². The third-order valence-corrected chi connectivity index (χ3v) is 3.00. The molecule has 0 saturated heterocycles. The zero-order chi connectivity index (χ0) is 11.7. The Bertz CT molecular complexity index is 391. The number of carbonyl (C=O) groups is 1. The van der Waals surface area contributed by atoms with Gasteiger partial charge in [-0.1, -0.05) is 23.7 Å². The fourth-order valence-corrected chi connectivity index (χ4v) is 1.99. The van der Waals surface area contributed by atoms with Crippen molar-refractivity contribution in [2.75, 3.05) is 6.61 Å². The van der Waals surface area contributed by atoms with Crippen LogP contribution in [0.1, 0.15) is 18.4 Å². The van der Waals surface area contributed by atoms with E-state index in [1.165, 1.54) is 0 Å². The third kappa shape index (κ3) is 2.05. The number of alkyl halides is 1. The molecule has 2 nitrogen and oxygen atoms in total. The fourth-order valence-electron chi connectivity index (χ4n) is 1.87. The van der Waals surface area contributed by atoms with E-state index < -0.39 is 18.1 Å². The minimum absolute atomic E-state index is 0.287. The summed E-state index contributed by atoms with van der Waals surface area (Å²) < 4.78 is 18.3. The van der Waals surface area contributed by atoms with E-state index in [0.717, 1.165) is 5.56 Å². The van der Waals surface area contributed by atoms with Gasteiger partial charge < -0.3 is 4.74 Å². The molecule has 1 saturated carbocycles. The molecule has 0 heterocycles. The molecular formula is C12H12ClFO2. The molecule has 1 fully saturated rings. The van der Waals surface area contributed by atoms with Crippen molar-refractivity contribution in [3.8, 4) is 0 Å². The Balaban J connectivity index is 2.08. The molecule has 0 N–H and O–H groups in total. The van der Waals surface area contributed by atoms with Crippen molar-refractivity contribution in [3.05, 3.63) is 34.9 Å². The first-order valence-electron chi connectivity index (χ1n) is 5.21. The van der Waals surface area contributed by atoms with Gasteiger partial charge in [-0.25, -0.2) is 4.39 Å². The van der Waals surface area contributed by atoms with E-state index in [0.29, 0.717) is 5.02 Å². The SMILES string of the molecule is CCOC(=O)[C@H]1[C@H](F)[C@H]1c1ccc(Cl)cc1. The van der Waals surface area contributed by atoms with Crippen LogP contribution in [0.4, 0.5) is 4.39 Å². The summed E-state index contributed by atoms with van der Waals surface area (Å²) in [5.74, 6) is -1.45. The van der Waals surface area contributed by atoms with E-state index in [1.54, 1.807) is 31.2 Å². The largest absolute Gasteiger partial charge is 0.466 e. The number of carbonyl (C=O) groups excluding carboxylic acids is 1. The predicted molar refractivity (Wildman–Crippen MR) is 59.2 cm³/mol. The zero-order valence-corrected chi connectivity index (χ0v) is 9.58. The Kier molecular flexibility index (Phi) is 3.15. The number of ether oxygens (including phenoxy) is 1. The number of hydrogen-bond donors (Lipinski definition) is 0. The number of esters is 1. The monoisotopic (exact) mass is 242 g/mol. The Morgan fingerprint density at radius 2 is 2.06 bits per heavy atom. The molecule has 0 radical (unpaired) electrons. The quantitative estimate of drug-likeness (QED) is 0.762. The zero-order valence-electron chi connectivity index (χ0n) is 8.82. The maximum absolute atomic E-state index is 13.5. The van der Waals surface area contributed by atoms with Gasteiger partial charge in [-0.2, -0.15) is 0 Å². The minimum atomic E-state index is -1.12. The average Bonchev–Trinajstić information content (AvgIpc) is 2.92. The van der Waals surface area contributed by atoms with Crippen LogP contribution in [0.15, 0.2) is 24.3 Å². The van der Waals surface area contributed by atoms with Crippen molar-refractivity contribution >= 4 is 17.6 Å². The van der Waals surface area contributed by atoms with Gasteiger partial charge in [0, 0.05) is 10.9 Å². The van der Waals surface area contributed by atoms with E-state index >= 15 is 0 Å². The third-order valence-electron chi connectivity index (χ3n) is 2.75. The van der Waals surface area contributed by atoms with Crippen LogP contribution >= 0.6 is 11.6 Å². The van der Waals surface area contributed by atoms with E-state index in [9.17, 15) is 9.18 Å². The predicted octanol–water partition coefficient (Wildman–Crippen LogP) is 2.95. The van der Waals surface area contributed by atoms with Crippen LogP contribution in [0.25, 0.3) is 0 Å². The Morgan fingerprint density at radius 1 is 1.44 bits per heavy atom. The molecule has 0 amide bonds. The molecule has 0 bridgehead atoms. The molecule has 3 atom stereocenters. The van der Waals surface area contributed by atoms with Gasteiger partial charge >= 0.3 is 5.97 Å². The summed E-state index contributed by atoms with van der Waals surface area (Å²) in [5.41, 5.74) is 0.801. The molecule has 0 spiro atoms. The molecule has 1 aliphatic rings. The van der Waals surface area contributed by atoms with Gasteiger partial charge in [-0.3, -0.25) is 4.79 Å². The summed E-state index contributed by atoms with van der Waals surface area (Å²) in [6.07, 6.45) is -1.12. The van der Waals surface area contributed by atoms with Crippen molar-refractivity contribution in [2.24, 2.45) is 5.92 Å². The van der Waals surface area contributed by atoms with Crippen LogP contribution in [0.3, 0.4) is 0 Å². The minimum Gasteiger partial charge on any atom is -0.466 e. The van der Waals surface area contributed by atoms with E-state index in [1.807, 2.05) is 0 Å². The van der Waals surface area contributed by atoms with Crippen LogP contribution in [0.5, 0.6) is 0 Å². The molecule has 0 aromatic heterocycles. The normalized spacial score (nSPS) is 27.6. The lowest BCUT2D eigenvalue weighted by Crippen LogP contribution is -2.08. The molecule has 2 rings (SSSR count). The summed E-state index contributed by atoms with van der Waals surface area (Å²) in [4.78, 5) is 11.4. The van der Waals surface area contributed by atoms with Gasteiger partial charge in [-0.05, 0) is 24.6 Å². The maximum atomic E-state index is 13.5. The number of halogens is 2. The second kappa shape index (κ2) is 4.42. The van der Waals surface area contributed by atoms with Gasteiger partial charge in [0.2, 0.25) is 0 Å². The van der Waals surface area contributed by atoms with Gasteiger partial charge in [0.1, 0.15) is 6.17 Å².